The molecule has 2 saturated heterocycles. The van der Waals surface area contributed by atoms with Gasteiger partial charge in [-0.25, -0.2) is 9.97 Å². The fourth-order valence-corrected chi connectivity index (χ4v) is 8.23. The van der Waals surface area contributed by atoms with Crippen molar-refractivity contribution in [1.82, 2.24) is 15.3 Å². The number of nitrogens with one attached hydrogen (secondary N) is 1. The summed E-state index contributed by atoms with van der Waals surface area (Å²) in [5.41, 5.74) is 9.48. The lowest BCUT2D eigenvalue weighted by atomic mass is 9.96. The summed E-state index contributed by atoms with van der Waals surface area (Å²) in [6.45, 7) is 7.64. The number of carbonyl (C=O) groups is 2. The molecule has 0 aliphatic carbocycles. The molecule has 11 nitrogen and oxygen atoms in total. The van der Waals surface area contributed by atoms with E-state index in [4.69, 9.17) is 10.8 Å². The molecule has 4 aliphatic heterocycles. The van der Waals surface area contributed by atoms with E-state index in [1.54, 1.807) is 4.90 Å². The van der Waals surface area contributed by atoms with E-state index in [-0.39, 0.29) is 17.7 Å². The van der Waals surface area contributed by atoms with E-state index in [2.05, 4.69) is 67.5 Å². The lowest BCUT2D eigenvalue weighted by Gasteiger charge is -2.32. The Morgan fingerprint density at radius 1 is 0.645 bits per heavy atom. The molecule has 2 aromatic heterocycles. The molecule has 17 heteroatoms. The van der Waals surface area contributed by atoms with Gasteiger partial charge in [-0.05, 0) is 99.0 Å². The number of rotatable bonds is 10. The molecular weight excluding hydrogens is 815 g/mol. The number of fused-ring (bicyclic) bond motifs is 2. The van der Waals surface area contributed by atoms with Crippen LogP contribution in [0.3, 0.4) is 0 Å². The van der Waals surface area contributed by atoms with Crippen molar-refractivity contribution in [3.63, 3.8) is 0 Å². The summed E-state index contributed by atoms with van der Waals surface area (Å²) in [6, 6.07) is 21.8. The van der Waals surface area contributed by atoms with Gasteiger partial charge in [0.05, 0.1) is 17.0 Å². The Bertz CT molecular complexity index is 2050. The van der Waals surface area contributed by atoms with Gasteiger partial charge in [0.15, 0.2) is 0 Å². The van der Waals surface area contributed by atoms with Gasteiger partial charge in [-0.2, -0.15) is 26.3 Å². The fraction of sp³-hybridized carbons (Fsp3) is 0.467. The Labute approximate surface area is 357 Å². The van der Waals surface area contributed by atoms with E-state index >= 15 is 0 Å². The topological polar surface area (TPSA) is 131 Å². The molecule has 4 aliphatic rings. The highest BCUT2D eigenvalue weighted by Crippen LogP contribution is 2.32. The highest BCUT2D eigenvalue weighted by Gasteiger charge is 2.33. The molecule has 0 saturated carbocycles. The van der Waals surface area contributed by atoms with Crippen LogP contribution in [0, 0.1) is 11.8 Å². The first-order chi connectivity index (χ1) is 29.7. The molecule has 2 aromatic carbocycles. The van der Waals surface area contributed by atoms with E-state index < -0.39 is 29.4 Å². The Hall–Kier alpha value is -5.58. The summed E-state index contributed by atoms with van der Waals surface area (Å²) in [7, 11) is 0. The van der Waals surface area contributed by atoms with E-state index in [9.17, 15) is 35.9 Å². The predicted octanol–water partition coefficient (Wildman–Crippen LogP) is 7.30. The van der Waals surface area contributed by atoms with Crippen molar-refractivity contribution in [2.75, 3.05) is 85.0 Å². The van der Waals surface area contributed by atoms with Gasteiger partial charge in [0.1, 0.15) is 11.6 Å². The SMILES string of the molecule is NCCCN1CCc2ccccc21.O=C(NCCN1CCc2ccccc21)C1CCN(c2ccc(C(F)(F)F)cn2)CC1.O=C(O)C1CCN(c2ccc(C(F)(F)F)cn2)CC1. The first kappa shape index (κ1) is 45.9. The van der Waals surface area contributed by atoms with Crippen LogP contribution in [0.5, 0.6) is 0 Å². The van der Waals surface area contributed by atoms with E-state index in [0.29, 0.717) is 70.0 Å². The summed E-state index contributed by atoms with van der Waals surface area (Å²) in [4.78, 5) is 39.5. The first-order valence-corrected chi connectivity index (χ1v) is 21.1. The number of aliphatic carboxylic acids is 1. The van der Waals surface area contributed by atoms with Crippen molar-refractivity contribution < 1.29 is 41.0 Å². The van der Waals surface area contributed by atoms with Crippen LogP contribution in [-0.4, -0.2) is 92.4 Å². The van der Waals surface area contributed by atoms with E-state index in [1.807, 2.05) is 11.0 Å². The van der Waals surface area contributed by atoms with Crippen LogP contribution in [-0.2, 0) is 34.8 Å². The number of amides is 1. The summed E-state index contributed by atoms with van der Waals surface area (Å²) < 4.78 is 75.2. The number of halogens is 6. The molecule has 4 aromatic rings. The minimum atomic E-state index is -4.39. The molecule has 0 radical (unpaired) electrons. The van der Waals surface area contributed by atoms with Crippen LogP contribution in [0.15, 0.2) is 85.2 Å². The number of para-hydroxylation sites is 2. The normalized spacial score (nSPS) is 16.8. The van der Waals surface area contributed by atoms with Crippen LogP contribution in [0.1, 0.15) is 54.4 Å². The number of alkyl halides is 6. The van der Waals surface area contributed by atoms with Crippen LogP contribution in [0.25, 0.3) is 0 Å². The maximum Gasteiger partial charge on any atom is 0.417 e. The fourth-order valence-electron chi connectivity index (χ4n) is 8.23. The highest BCUT2D eigenvalue weighted by molar-refractivity contribution is 5.79. The van der Waals surface area contributed by atoms with Gasteiger partial charge in [-0.3, -0.25) is 9.59 Å². The van der Waals surface area contributed by atoms with Crippen molar-refractivity contribution in [1.29, 1.82) is 0 Å². The molecule has 6 heterocycles. The highest BCUT2D eigenvalue weighted by atomic mass is 19.4. The molecule has 2 fully saturated rings. The molecule has 4 N–H and O–H groups in total. The number of hydrogen-bond acceptors (Lipinski definition) is 9. The molecular formula is C45H54F6N8O3. The van der Waals surface area contributed by atoms with Gasteiger partial charge in [0, 0.05) is 88.6 Å². The summed E-state index contributed by atoms with van der Waals surface area (Å²) >= 11 is 0. The second-order valence-corrected chi connectivity index (χ2v) is 15.8. The van der Waals surface area contributed by atoms with Crippen LogP contribution >= 0.6 is 0 Å². The average Bonchev–Trinajstić information content (AvgIpc) is 3.90. The number of piperidine rings is 2. The number of hydrogen-bond donors (Lipinski definition) is 3. The Morgan fingerprint density at radius 3 is 1.52 bits per heavy atom. The van der Waals surface area contributed by atoms with Gasteiger partial charge in [-0.15, -0.1) is 0 Å². The van der Waals surface area contributed by atoms with E-state index in [0.717, 1.165) is 63.5 Å². The maximum absolute atomic E-state index is 12.7. The quantitative estimate of drug-likeness (QED) is 0.140. The number of nitrogens with zero attached hydrogens (tertiary/aromatic N) is 6. The Kier molecular flexibility index (Phi) is 15.6. The molecule has 0 atom stereocenters. The number of carbonyl (C=O) groups excluding carboxylic acids is 1. The molecule has 8 rings (SSSR count). The first-order valence-electron chi connectivity index (χ1n) is 21.1. The van der Waals surface area contributed by atoms with Crippen LogP contribution < -0.4 is 30.7 Å². The predicted molar refractivity (Wildman–Crippen MR) is 227 cm³/mol. The number of benzene rings is 2. The van der Waals surface area contributed by atoms with Crippen molar-refractivity contribution in [3.8, 4) is 0 Å². The number of aromatic nitrogens is 2. The number of carboxylic acid groups (broad SMARTS) is 1. The number of pyridine rings is 2. The molecule has 0 spiro atoms. The second-order valence-electron chi connectivity index (χ2n) is 15.8. The lowest BCUT2D eigenvalue weighted by molar-refractivity contribution is -0.142. The smallest absolute Gasteiger partial charge is 0.417 e. The monoisotopic (exact) mass is 868 g/mol. The van der Waals surface area contributed by atoms with Crippen molar-refractivity contribution in [2.45, 2.75) is 57.3 Å². The second kappa shape index (κ2) is 21.0. The lowest BCUT2D eigenvalue weighted by Crippen LogP contribution is -2.42. The maximum atomic E-state index is 12.7. The Balaban J connectivity index is 0.000000171. The summed E-state index contributed by atoms with van der Waals surface area (Å²) in [6.07, 6.45) is -1.47. The van der Waals surface area contributed by atoms with Crippen LogP contribution in [0.2, 0.25) is 0 Å². The Morgan fingerprint density at radius 2 is 1.10 bits per heavy atom. The number of anilines is 4. The number of carboxylic acids is 1. The van der Waals surface area contributed by atoms with Gasteiger partial charge in [0.2, 0.25) is 5.91 Å². The third kappa shape index (κ3) is 12.3. The number of nitrogens with two attached hydrogens (primary N) is 1. The van der Waals surface area contributed by atoms with Gasteiger partial charge in [-0.1, -0.05) is 36.4 Å². The third-order valence-electron chi connectivity index (χ3n) is 11.8. The van der Waals surface area contributed by atoms with E-state index in [1.165, 1.54) is 47.6 Å². The van der Waals surface area contributed by atoms with Crippen molar-refractivity contribution in [3.05, 3.63) is 107 Å². The summed E-state index contributed by atoms with van der Waals surface area (Å²) in [5.74, 6) is -0.221. The van der Waals surface area contributed by atoms with Crippen molar-refractivity contribution >= 4 is 34.9 Å². The van der Waals surface area contributed by atoms with Gasteiger partial charge >= 0.3 is 18.3 Å². The zero-order valence-electron chi connectivity index (χ0n) is 34.6. The average molecular weight is 869 g/mol. The molecule has 0 bridgehead atoms. The van der Waals surface area contributed by atoms with Crippen LogP contribution in [0.4, 0.5) is 49.4 Å². The van der Waals surface area contributed by atoms with Gasteiger partial charge < -0.3 is 35.8 Å². The molecule has 0 unspecified atom stereocenters. The summed E-state index contributed by atoms with van der Waals surface area (Å²) in [5, 5.41) is 11.9. The van der Waals surface area contributed by atoms with Crippen molar-refractivity contribution in [2.24, 2.45) is 17.6 Å². The standard InChI is InChI=1S/C22H25F3N4O.C12H13F3N2O2.C11H16N2/c23-22(24,25)18-5-6-20(27-15-18)29-12-8-17(9-13-29)21(30)26-10-14-28-11-7-16-3-1-2-4-19(16)28;13-12(14,15)9-1-2-10(16-7-9)17-5-3-8(4-6-17)11(18)19;12-7-3-8-13-9-6-10-4-1-2-5-11(10)13/h1-6,15,17H,7-14H2,(H,26,30);1-2,7-8H,3-6H2,(H,18,19);1-2,4-5H,3,6-9,12H2. The largest absolute Gasteiger partial charge is 0.481 e. The minimum Gasteiger partial charge on any atom is -0.481 e. The third-order valence-corrected chi connectivity index (χ3v) is 11.8. The molecule has 1 amide bonds. The zero-order chi connectivity index (χ0) is 44.3. The molecule has 334 valence electrons. The molecule has 62 heavy (non-hydrogen) atoms. The van der Waals surface area contributed by atoms with Gasteiger partial charge in [0.25, 0.3) is 0 Å². The minimum absolute atomic E-state index is 0.0579. The zero-order valence-corrected chi connectivity index (χ0v) is 34.6.